The number of methoxy groups -OCH3 is 1. The predicted octanol–water partition coefficient (Wildman–Crippen LogP) is 1.26. The van der Waals surface area contributed by atoms with E-state index in [0.29, 0.717) is 0 Å². The third-order valence-corrected chi connectivity index (χ3v) is 3.26. The summed E-state index contributed by atoms with van der Waals surface area (Å²) in [5.74, 6) is 0.820. The van der Waals surface area contributed by atoms with Gasteiger partial charge in [-0.05, 0) is 37.6 Å². The lowest BCUT2D eigenvalue weighted by atomic mass is 9.87. The molecule has 1 heterocycles. The molecule has 15 heavy (non-hydrogen) atoms. The van der Waals surface area contributed by atoms with Gasteiger partial charge in [-0.25, -0.2) is 0 Å². The standard InChI is InChI=1S/C12H17NO2/c1-9-12(14,7-8-13-9)10-3-5-11(15-2)6-4-10/h3-6,9,13-14H,7-8H2,1-2H3. The summed E-state index contributed by atoms with van der Waals surface area (Å²) in [6.45, 7) is 2.88. The summed E-state index contributed by atoms with van der Waals surface area (Å²) in [5.41, 5.74) is 0.229. The van der Waals surface area contributed by atoms with E-state index >= 15 is 0 Å². The molecule has 1 aromatic rings. The lowest BCUT2D eigenvalue weighted by molar-refractivity contribution is 0.0293. The SMILES string of the molecule is COc1ccc(C2(O)CCNC2C)cc1. The molecule has 2 atom stereocenters. The van der Waals surface area contributed by atoms with E-state index in [2.05, 4.69) is 5.32 Å². The van der Waals surface area contributed by atoms with Crippen molar-refractivity contribution in [2.45, 2.75) is 25.0 Å². The van der Waals surface area contributed by atoms with Gasteiger partial charge in [0.15, 0.2) is 0 Å². The van der Waals surface area contributed by atoms with Crippen LogP contribution in [0.25, 0.3) is 0 Å². The second-order valence-corrected chi connectivity index (χ2v) is 4.08. The Morgan fingerprint density at radius 1 is 1.40 bits per heavy atom. The maximum Gasteiger partial charge on any atom is 0.118 e. The van der Waals surface area contributed by atoms with Gasteiger partial charge in [-0.15, -0.1) is 0 Å². The van der Waals surface area contributed by atoms with Gasteiger partial charge in [0.25, 0.3) is 0 Å². The van der Waals surface area contributed by atoms with Crippen molar-refractivity contribution in [2.75, 3.05) is 13.7 Å². The van der Waals surface area contributed by atoms with E-state index in [1.54, 1.807) is 7.11 Å². The summed E-state index contributed by atoms with van der Waals surface area (Å²) >= 11 is 0. The summed E-state index contributed by atoms with van der Waals surface area (Å²) < 4.78 is 5.09. The van der Waals surface area contributed by atoms with Crippen molar-refractivity contribution in [1.82, 2.24) is 5.32 Å². The van der Waals surface area contributed by atoms with E-state index < -0.39 is 5.60 Å². The molecule has 82 valence electrons. The molecule has 0 bridgehead atoms. The largest absolute Gasteiger partial charge is 0.497 e. The minimum absolute atomic E-state index is 0.103. The summed E-state index contributed by atoms with van der Waals surface area (Å²) in [7, 11) is 1.64. The summed E-state index contributed by atoms with van der Waals surface area (Å²) in [5, 5.41) is 13.7. The highest BCUT2D eigenvalue weighted by atomic mass is 16.5. The first-order valence-corrected chi connectivity index (χ1v) is 5.27. The van der Waals surface area contributed by atoms with Crippen LogP contribution in [0.3, 0.4) is 0 Å². The molecule has 0 saturated carbocycles. The predicted molar refractivity (Wildman–Crippen MR) is 59.0 cm³/mol. The number of aliphatic hydroxyl groups is 1. The fraction of sp³-hybridized carbons (Fsp3) is 0.500. The van der Waals surface area contributed by atoms with Crippen LogP contribution >= 0.6 is 0 Å². The quantitative estimate of drug-likeness (QED) is 0.767. The van der Waals surface area contributed by atoms with Crippen LogP contribution in [-0.2, 0) is 5.60 Å². The van der Waals surface area contributed by atoms with Crippen molar-refractivity contribution in [3.63, 3.8) is 0 Å². The number of benzene rings is 1. The Morgan fingerprint density at radius 3 is 2.53 bits per heavy atom. The number of hydrogen-bond donors (Lipinski definition) is 2. The second kappa shape index (κ2) is 3.83. The lowest BCUT2D eigenvalue weighted by Crippen LogP contribution is -2.37. The van der Waals surface area contributed by atoms with Crippen molar-refractivity contribution in [3.05, 3.63) is 29.8 Å². The third-order valence-electron chi connectivity index (χ3n) is 3.26. The molecule has 2 rings (SSSR count). The molecule has 1 fully saturated rings. The van der Waals surface area contributed by atoms with Crippen molar-refractivity contribution in [3.8, 4) is 5.75 Å². The monoisotopic (exact) mass is 207 g/mol. The van der Waals surface area contributed by atoms with Crippen LogP contribution in [0.5, 0.6) is 5.75 Å². The molecular weight excluding hydrogens is 190 g/mol. The second-order valence-electron chi connectivity index (χ2n) is 4.08. The zero-order valence-electron chi connectivity index (χ0n) is 9.16. The van der Waals surface area contributed by atoms with Crippen LogP contribution in [-0.4, -0.2) is 24.8 Å². The maximum absolute atomic E-state index is 10.5. The normalized spacial score (nSPS) is 30.5. The van der Waals surface area contributed by atoms with Crippen LogP contribution in [0.1, 0.15) is 18.9 Å². The van der Waals surface area contributed by atoms with E-state index in [1.165, 1.54) is 0 Å². The van der Waals surface area contributed by atoms with Crippen molar-refractivity contribution >= 4 is 0 Å². The van der Waals surface area contributed by atoms with Gasteiger partial charge in [0.05, 0.1) is 7.11 Å². The lowest BCUT2D eigenvalue weighted by Gasteiger charge is -2.27. The molecule has 2 unspecified atom stereocenters. The summed E-state index contributed by atoms with van der Waals surface area (Å²) in [6.07, 6.45) is 0.764. The van der Waals surface area contributed by atoms with E-state index in [4.69, 9.17) is 4.74 Å². The fourth-order valence-electron chi connectivity index (χ4n) is 2.14. The number of nitrogens with one attached hydrogen (secondary N) is 1. The molecule has 0 aliphatic carbocycles. The number of hydrogen-bond acceptors (Lipinski definition) is 3. The molecule has 3 heteroatoms. The average Bonchev–Trinajstić information content (AvgIpc) is 2.61. The van der Waals surface area contributed by atoms with E-state index in [0.717, 1.165) is 24.3 Å². The maximum atomic E-state index is 10.5. The fourth-order valence-corrected chi connectivity index (χ4v) is 2.14. The highest BCUT2D eigenvalue weighted by Crippen LogP contribution is 2.33. The minimum Gasteiger partial charge on any atom is -0.497 e. The van der Waals surface area contributed by atoms with Gasteiger partial charge in [-0.2, -0.15) is 0 Å². The zero-order valence-corrected chi connectivity index (χ0v) is 9.16. The van der Waals surface area contributed by atoms with Crippen LogP contribution < -0.4 is 10.1 Å². The molecule has 0 aromatic heterocycles. The van der Waals surface area contributed by atoms with Gasteiger partial charge in [0.1, 0.15) is 11.4 Å². The average molecular weight is 207 g/mol. The van der Waals surface area contributed by atoms with Crippen LogP contribution in [0.15, 0.2) is 24.3 Å². The molecule has 1 saturated heterocycles. The van der Waals surface area contributed by atoms with Gasteiger partial charge in [-0.3, -0.25) is 0 Å². The Morgan fingerprint density at radius 2 is 2.07 bits per heavy atom. The molecule has 0 spiro atoms. The highest BCUT2D eigenvalue weighted by Gasteiger charge is 2.39. The van der Waals surface area contributed by atoms with Crippen molar-refractivity contribution < 1.29 is 9.84 Å². The Kier molecular flexibility index (Phi) is 2.67. The first-order chi connectivity index (χ1) is 7.16. The zero-order chi connectivity index (χ0) is 10.9. The Hall–Kier alpha value is -1.06. The number of ether oxygens (including phenoxy) is 1. The van der Waals surface area contributed by atoms with Crippen LogP contribution in [0.4, 0.5) is 0 Å². The molecule has 2 N–H and O–H groups in total. The van der Waals surface area contributed by atoms with Crippen LogP contribution in [0.2, 0.25) is 0 Å². The minimum atomic E-state index is -0.730. The van der Waals surface area contributed by atoms with Gasteiger partial charge in [0, 0.05) is 6.04 Å². The molecule has 0 radical (unpaired) electrons. The number of rotatable bonds is 2. The topological polar surface area (TPSA) is 41.5 Å². The van der Waals surface area contributed by atoms with Crippen LogP contribution in [0, 0.1) is 0 Å². The molecule has 1 aromatic carbocycles. The van der Waals surface area contributed by atoms with Gasteiger partial charge in [0.2, 0.25) is 0 Å². The Bertz CT molecular complexity index is 336. The molecule has 0 amide bonds. The molecule has 3 nitrogen and oxygen atoms in total. The first kappa shape index (κ1) is 10.5. The molecule has 1 aliphatic rings. The van der Waals surface area contributed by atoms with Gasteiger partial charge in [-0.1, -0.05) is 12.1 Å². The first-order valence-electron chi connectivity index (χ1n) is 5.27. The summed E-state index contributed by atoms with van der Waals surface area (Å²) in [6, 6.07) is 7.74. The van der Waals surface area contributed by atoms with Crippen molar-refractivity contribution in [2.24, 2.45) is 0 Å². The Labute approximate surface area is 90.1 Å². The molecular formula is C12H17NO2. The van der Waals surface area contributed by atoms with Crippen molar-refractivity contribution in [1.29, 1.82) is 0 Å². The van der Waals surface area contributed by atoms with Gasteiger partial charge < -0.3 is 15.2 Å². The summed E-state index contributed by atoms with van der Waals surface area (Å²) in [4.78, 5) is 0. The van der Waals surface area contributed by atoms with Gasteiger partial charge >= 0.3 is 0 Å². The molecule has 1 aliphatic heterocycles. The smallest absolute Gasteiger partial charge is 0.118 e. The Balaban J connectivity index is 2.28. The van der Waals surface area contributed by atoms with E-state index in [1.807, 2.05) is 31.2 Å². The van der Waals surface area contributed by atoms with E-state index in [-0.39, 0.29) is 6.04 Å². The highest BCUT2D eigenvalue weighted by molar-refractivity contribution is 5.32. The third kappa shape index (κ3) is 1.73. The van der Waals surface area contributed by atoms with E-state index in [9.17, 15) is 5.11 Å².